The first-order valence-electron chi connectivity index (χ1n) is 10.8. The summed E-state index contributed by atoms with van der Waals surface area (Å²) in [6, 6.07) is 16.9. The highest BCUT2D eigenvalue weighted by atomic mass is 79.9. The average Bonchev–Trinajstić information content (AvgIpc) is 3.45. The lowest BCUT2D eigenvalue weighted by atomic mass is 9.95. The fraction of sp³-hybridized carbons (Fsp3) is 0.154. The highest BCUT2D eigenvalue weighted by Gasteiger charge is 2.25. The lowest BCUT2D eigenvalue weighted by Crippen LogP contribution is -2.14. The van der Waals surface area contributed by atoms with Gasteiger partial charge in [-0.3, -0.25) is 4.79 Å². The van der Waals surface area contributed by atoms with E-state index in [1.54, 1.807) is 41.8 Å². The molecule has 2 aromatic heterocycles. The number of nitrogens with one attached hydrogen (secondary N) is 1. The number of fused-ring (bicyclic) bond motifs is 1. The van der Waals surface area contributed by atoms with Crippen LogP contribution in [0.1, 0.15) is 39.4 Å². The molecule has 1 amide bonds. The molecule has 2 aromatic carbocycles. The Bertz CT molecular complexity index is 1390. The Labute approximate surface area is 223 Å². The largest absolute Gasteiger partial charge is 0.455 e. The van der Waals surface area contributed by atoms with Crippen LogP contribution in [0.5, 0.6) is 0 Å². The Kier molecular flexibility index (Phi) is 7.06. The number of halogens is 3. The number of aryl methyl sites for hydroxylation is 1. The molecule has 0 saturated heterocycles. The van der Waals surface area contributed by atoms with Crippen LogP contribution >= 0.6 is 54.8 Å². The minimum atomic E-state index is -0.146. The predicted octanol–water partition coefficient (Wildman–Crippen LogP) is 9.07. The molecular weight excluding hydrogens is 600 g/mol. The number of hydrogen-bond donors (Lipinski definition) is 1. The van der Waals surface area contributed by atoms with E-state index in [4.69, 9.17) is 21.0 Å². The van der Waals surface area contributed by atoms with Crippen molar-refractivity contribution in [3.05, 3.63) is 90.3 Å². The van der Waals surface area contributed by atoms with Crippen molar-refractivity contribution < 1.29 is 9.21 Å². The topological polar surface area (TPSA) is 54.6 Å². The van der Waals surface area contributed by atoms with Gasteiger partial charge < -0.3 is 9.73 Å². The molecule has 4 nitrogen and oxygen atoms in total. The summed E-state index contributed by atoms with van der Waals surface area (Å²) >= 11 is 14.7. The molecule has 172 valence electrons. The van der Waals surface area contributed by atoms with Crippen LogP contribution in [0, 0.1) is 0 Å². The van der Waals surface area contributed by atoms with Crippen molar-refractivity contribution in [2.75, 3.05) is 5.32 Å². The lowest BCUT2D eigenvalue weighted by Gasteiger charge is -2.12. The number of anilines is 1. The number of hydrogen-bond acceptors (Lipinski definition) is 4. The zero-order chi connectivity index (χ0) is 23.7. The van der Waals surface area contributed by atoms with Crippen molar-refractivity contribution in [2.45, 2.75) is 25.7 Å². The molecule has 0 aliphatic heterocycles. The fourth-order valence-electron chi connectivity index (χ4n) is 3.98. The van der Waals surface area contributed by atoms with Crippen molar-refractivity contribution in [1.29, 1.82) is 0 Å². The minimum absolute atomic E-state index is 0.146. The van der Waals surface area contributed by atoms with Gasteiger partial charge in [0, 0.05) is 30.1 Å². The van der Waals surface area contributed by atoms with Crippen LogP contribution in [0.4, 0.5) is 10.7 Å². The van der Waals surface area contributed by atoms with Gasteiger partial charge in [-0.25, -0.2) is 4.99 Å². The maximum absolute atomic E-state index is 13.3. The summed E-state index contributed by atoms with van der Waals surface area (Å²) in [7, 11) is 0. The van der Waals surface area contributed by atoms with E-state index in [1.807, 2.05) is 30.3 Å². The van der Waals surface area contributed by atoms with E-state index in [-0.39, 0.29) is 5.91 Å². The van der Waals surface area contributed by atoms with Gasteiger partial charge >= 0.3 is 0 Å². The highest BCUT2D eigenvalue weighted by Crippen LogP contribution is 2.40. The molecule has 1 aliphatic rings. The van der Waals surface area contributed by atoms with Crippen LogP contribution in [-0.2, 0) is 12.8 Å². The Morgan fingerprint density at radius 3 is 2.68 bits per heavy atom. The fourth-order valence-corrected chi connectivity index (χ4v) is 6.14. The van der Waals surface area contributed by atoms with Crippen LogP contribution in [0.25, 0.3) is 11.3 Å². The number of rotatable bonds is 5. The third kappa shape index (κ3) is 5.08. The van der Waals surface area contributed by atoms with Gasteiger partial charge in [0.15, 0.2) is 0 Å². The van der Waals surface area contributed by atoms with Gasteiger partial charge in [-0.2, -0.15) is 0 Å². The molecule has 0 unspecified atom stereocenters. The molecule has 0 saturated carbocycles. The molecule has 4 aromatic rings. The van der Waals surface area contributed by atoms with Crippen molar-refractivity contribution in [2.24, 2.45) is 4.99 Å². The van der Waals surface area contributed by atoms with E-state index in [1.165, 1.54) is 4.88 Å². The zero-order valence-corrected chi connectivity index (χ0v) is 22.7. The predicted molar refractivity (Wildman–Crippen MR) is 147 cm³/mol. The summed E-state index contributed by atoms with van der Waals surface area (Å²) in [6.07, 6.45) is 5.78. The van der Waals surface area contributed by atoms with E-state index >= 15 is 0 Å². The molecule has 1 aliphatic carbocycles. The summed E-state index contributed by atoms with van der Waals surface area (Å²) in [5, 5.41) is 4.34. The van der Waals surface area contributed by atoms with Gasteiger partial charge in [-0.05, 0) is 85.8 Å². The maximum atomic E-state index is 13.3. The molecule has 0 fully saturated rings. The Morgan fingerprint density at radius 1 is 1.06 bits per heavy atom. The van der Waals surface area contributed by atoms with Gasteiger partial charge in [-0.15, -0.1) is 11.3 Å². The second kappa shape index (κ2) is 10.2. The number of furan rings is 1. The van der Waals surface area contributed by atoms with Crippen molar-refractivity contribution in [1.82, 2.24) is 0 Å². The van der Waals surface area contributed by atoms with Crippen molar-refractivity contribution >= 4 is 77.6 Å². The molecule has 0 radical (unpaired) electrons. The molecular formula is C26H19Br2ClN2O2S. The summed E-state index contributed by atoms with van der Waals surface area (Å²) in [6.45, 7) is 0. The second-order valence-electron chi connectivity index (χ2n) is 7.94. The van der Waals surface area contributed by atoms with Gasteiger partial charge in [-0.1, -0.05) is 43.5 Å². The highest BCUT2D eigenvalue weighted by molar-refractivity contribution is 9.11. The molecule has 0 bridgehead atoms. The van der Waals surface area contributed by atoms with Gasteiger partial charge in [0.2, 0.25) is 0 Å². The van der Waals surface area contributed by atoms with Crippen LogP contribution < -0.4 is 5.32 Å². The third-order valence-corrected chi connectivity index (χ3v) is 8.25. The summed E-state index contributed by atoms with van der Waals surface area (Å²) in [4.78, 5) is 19.2. The zero-order valence-electron chi connectivity index (χ0n) is 17.9. The average molecular weight is 619 g/mol. The molecule has 5 rings (SSSR count). The third-order valence-electron chi connectivity index (χ3n) is 5.61. The first-order valence-corrected chi connectivity index (χ1v) is 13.6. The number of carbonyl (C=O) groups excluding carboxylic acids is 1. The van der Waals surface area contributed by atoms with E-state index in [0.29, 0.717) is 27.0 Å². The first kappa shape index (κ1) is 23.5. The Morgan fingerprint density at radius 2 is 1.85 bits per heavy atom. The Balaban J connectivity index is 1.44. The van der Waals surface area contributed by atoms with E-state index < -0.39 is 0 Å². The standard InChI is InChI=1S/C26H19Br2ClN2O2S/c27-15-5-11-21(28)20(13-15)22-12-10-18(33-22)14-30-26-24(19-3-1-2-4-23(19)34-26)25(32)31-17-8-6-16(29)7-9-17/h5-14H,1-4H2,(H,31,32). The number of carbonyl (C=O) groups is 1. The van der Waals surface area contributed by atoms with Gasteiger partial charge in [0.05, 0.1) is 11.8 Å². The second-order valence-corrected chi connectivity index (χ2v) is 11.2. The quantitative estimate of drug-likeness (QED) is 0.227. The molecule has 2 heterocycles. The number of benzene rings is 2. The summed E-state index contributed by atoms with van der Waals surface area (Å²) in [5.41, 5.74) is 3.43. The van der Waals surface area contributed by atoms with Crippen LogP contribution in [0.2, 0.25) is 5.02 Å². The summed E-state index contributed by atoms with van der Waals surface area (Å²) in [5.74, 6) is 1.21. The van der Waals surface area contributed by atoms with Crippen molar-refractivity contribution in [3.8, 4) is 11.3 Å². The molecule has 0 atom stereocenters. The number of nitrogens with zero attached hydrogens (tertiary/aromatic N) is 1. The maximum Gasteiger partial charge on any atom is 0.259 e. The monoisotopic (exact) mass is 616 g/mol. The molecule has 0 spiro atoms. The number of amides is 1. The van der Waals surface area contributed by atoms with E-state index in [2.05, 4.69) is 37.2 Å². The van der Waals surface area contributed by atoms with Gasteiger partial charge in [0.1, 0.15) is 16.5 Å². The Hall–Kier alpha value is -2.19. The van der Waals surface area contributed by atoms with Crippen LogP contribution in [-0.4, -0.2) is 12.1 Å². The van der Waals surface area contributed by atoms with E-state index in [9.17, 15) is 4.79 Å². The molecule has 1 N–H and O–H groups in total. The normalized spacial score (nSPS) is 13.3. The summed E-state index contributed by atoms with van der Waals surface area (Å²) < 4.78 is 7.94. The minimum Gasteiger partial charge on any atom is -0.455 e. The van der Waals surface area contributed by atoms with Crippen molar-refractivity contribution in [3.63, 3.8) is 0 Å². The molecule has 8 heteroatoms. The SMILES string of the molecule is O=C(Nc1ccc(Cl)cc1)c1c(N=Cc2ccc(-c3cc(Br)ccc3Br)o2)sc2c1CCCC2. The number of aliphatic imine (C=N–C) groups is 1. The smallest absolute Gasteiger partial charge is 0.259 e. The van der Waals surface area contributed by atoms with E-state index in [0.717, 1.165) is 51.5 Å². The lowest BCUT2D eigenvalue weighted by molar-refractivity contribution is 0.102. The number of thiophene rings is 1. The van der Waals surface area contributed by atoms with Gasteiger partial charge in [0.25, 0.3) is 5.91 Å². The first-order chi connectivity index (χ1) is 16.5. The van der Waals surface area contributed by atoms with Crippen LogP contribution in [0.3, 0.4) is 0 Å². The van der Waals surface area contributed by atoms with Crippen LogP contribution in [0.15, 0.2) is 73.0 Å². The molecule has 34 heavy (non-hydrogen) atoms.